The van der Waals surface area contributed by atoms with Gasteiger partial charge in [-0.15, -0.1) is 11.3 Å². The highest BCUT2D eigenvalue weighted by Gasteiger charge is 2.46. The minimum absolute atomic E-state index is 0.335. The van der Waals surface area contributed by atoms with Gasteiger partial charge in [0.2, 0.25) is 0 Å². The lowest BCUT2D eigenvalue weighted by Gasteiger charge is -2.39. The van der Waals surface area contributed by atoms with Gasteiger partial charge in [0.25, 0.3) is 0 Å². The fourth-order valence-corrected chi connectivity index (χ4v) is 5.39. The Kier molecular flexibility index (Phi) is 3.22. The van der Waals surface area contributed by atoms with Crippen molar-refractivity contribution in [2.75, 3.05) is 6.61 Å². The molecule has 1 heterocycles. The van der Waals surface area contributed by atoms with Crippen LogP contribution in [0.4, 0.5) is 0 Å². The topological polar surface area (TPSA) is 20.2 Å². The Morgan fingerprint density at radius 1 is 1.41 bits per heavy atom. The lowest BCUT2D eigenvalue weighted by Crippen LogP contribution is -2.34. The summed E-state index contributed by atoms with van der Waals surface area (Å²) < 4.78 is 0.877. The van der Waals surface area contributed by atoms with E-state index in [9.17, 15) is 5.11 Å². The van der Waals surface area contributed by atoms with Gasteiger partial charge in [-0.3, -0.25) is 0 Å². The Labute approximate surface area is 112 Å². The van der Waals surface area contributed by atoms with E-state index in [-0.39, 0.29) is 0 Å². The van der Waals surface area contributed by atoms with Crippen molar-refractivity contribution in [3.05, 3.63) is 21.3 Å². The quantitative estimate of drug-likeness (QED) is 0.856. The van der Waals surface area contributed by atoms with E-state index in [2.05, 4.69) is 13.0 Å². The molecule has 1 aromatic rings. The van der Waals surface area contributed by atoms with E-state index < -0.39 is 0 Å². The first-order valence-electron chi connectivity index (χ1n) is 6.56. The van der Waals surface area contributed by atoms with Crippen molar-refractivity contribution in [1.82, 2.24) is 0 Å². The van der Waals surface area contributed by atoms with Gasteiger partial charge in [-0.05, 0) is 61.0 Å². The Balaban J connectivity index is 1.90. The molecule has 0 aliphatic heterocycles. The van der Waals surface area contributed by atoms with Crippen LogP contribution in [0.15, 0.2) is 12.1 Å². The van der Waals surface area contributed by atoms with Crippen LogP contribution < -0.4 is 0 Å². The SMILES string of the molecule is CC1C2CCC1C(CO)C(c1ccc(Cl)s1)C2. The molecule has 1 nitrogen and oxygen atoms in total. The zero-order chi connectivity index (χ0) is 12.0. The van der Waals surface area contributed by atoms with Crippen molar-refractivity contribution in [3.8, 4) is 0 Å². The maximum absolute atomic E-state index is 9.74. The van der Waals surface area contributed by atoms with Crippen LogP contribution in [0.5, 0.6) is 0 Å². The van der Waals surface area contributed by atoms with Crippen molar-refractivity contribution in [2.45, 2.75) is 32.1 Å². The van der Waals surface area contributed by atoms with Crippen molar-refractivity contribution in [1.29, 1.82) is 0 Å². The number of halogens is 1. The molecule has 2 saturated carbocycles. The first kappa shape index (κ1) is 12.0. The van der Waals surface area contributed by atoms with Gasteiger partial charge in [0.1, 0.15) is 0 Å². The summed E-state index contributed by atoms with van der Waals surface area (Å²) in [6, 6.07) is 4.16. The fourth-order valence-electron chi connectivity index (χ4n) is 4.14. The Morgan fingerprint density at radius 3 is 2.88 bits per heavy atom. The summed E-state index contributed by atoms with van der Waals surface area (Å²) in [7, 11) is 0. The number of fused-ring (bicyclic) bond motifs is 2. The largest absolute Gasteiger partial charge is 0.396 e. The third-order valence-corrected chi connectivity index (χ3v) is 6.45. The number of hydrogen-bond acceptors (Lipinski definition) is 2. The lowest BCUT2D eigenvalue weighted by atomic mass is 9.67. The molecular weight excluding hydrogens is 252 g/mol. The summed E-state index contributed by atoms with van der Waals surface area (Å²) >= 11 is 7.74. The normalized spacial score (nSPS) is 40.8. The van der Waals surface area contributed by atoms with Gasteiger partial charge >= 0.3 is 0 Å². The highest BCUT2D eigenvalue weighted by Crippen LogP contribution is 2.55. The molecule has 2 aliphatic carbocycles. The lowest BCUT2D eigenvalue weighted by molar-refractivity contribution is 0.0819. The van der Waals surface area contributed by atoms with Crippen LogP contribution in [0.25, 0.3) is 0 Å². The van der Waals surface area contributed by atoms with Gasteiger partial charge in [-0.25, -0.2) is 0 Å². The minimum Gasteiger partial charge on any atom is -0.396 e. The smallest absolute Gasteiger partial charge is 0.0931 e. The average molecular weight is 271 g/mol. The maximum Gasteiger partial charge on any atom is 0.0931 e. The molecule has 2 bridgehead atoms. The molecule has 0 spiro atoms. The number of aliphatic hydroxyl groups is 1. The maximum atomic E-state index is 9.74. The van der Waals surface area contributed by atoms with E-state index in [1.54, 1.807) is 11.3 Å². The van der Waals surface area contributed by atoms with E-state index in [4.69, 9.17) is 11.6 Å². The molecular formula is C14H19ClOS. The second-order valence-corrected chi connectivity index (χ2v) is 7.44. The van der Waals surface area contributed by atoms with Crippen molar-refractivity contribution in [2.24, 2.45) is 23.7 Å². The van der Waals surface area contributed by atoms with E-state index >= 15 is 0 Å². The van der Waals surface area contributed by atoms with Crippen molar-refractivity contribution >= 4 is 22.9 Å². The molecule has 94 valence electrons. The monoisotopic (exact) mass is 270 g/mol. The average Bonchev–Trinajstić information content (AvgIpc) is 2.82. The van der Waals surface area contributed by atoms with E-state index in [1.807, 2.05) is 6.07 Å². The minimum atomic E-state index is 0.335. The zero-order valence-electron chi connectivity index (χ0n) is 10.1. The summed E-state index contributed by atoms with van der Waals surface area (Å²) in [5.74, 6) is 3.40. The summed E-state index contributed by atoms with van der Waals surface area (Å²) in [6.07, 6.45) is 3.92. The molecule has 1 N–H and O–H groups in total. The van der Waals surface area contributed by atoms with Gasteiger partial charge < -0.3 is 5.11 Å². The first-order chi connectivity index (χ1) is 8.20. The van der Waals surface area contributed by atoms with Crippen molar-refractivity contribution < 1.29 is 5.11 Å². The molecule has 0 radical (unpaired) electrons. The summed E-state index contributed by atoms with van der Waals surface area (Å²) in [5.41, 5.74) is 0. The molecule has 17 heavy (non-hydrogen) atoms. The van der Waals surface area contributed by atoms with Crippen molar-refractivity contribution in [3.63, 3.8) is 0 Å². The summed E-state index contributed by atoms with van der Waals surface area (Å²) in [5, 5.41) is 9.74. The molecule has 0 amide bonds. The van der Waals surface area contributed by atoms with Crippen LogP contribution in [0.3, 0.4) is 0 Å². The molecule has 2 aliphatic rings. The molecule has 0 saturated heterocycles. The van der Waals surface area contributed by atoms with Gasteiger partial charge in [0, 0.05) is 11.5 Å². The zero-order valence-corrected chi connectivity index (χ0v) is 11.7. The van der Waals surface area contributed by atoms with Gasteiger partial charge in [0.05, 0.1) is 4.34 Å². The number of thiophene rings is 1. The fraction of sp³-hybridized carbons (Fsp3) is 0.714. The van der Waals surface area contributed by atoms with Crippen LogP contribution in [0, 0.1) is 23.7 Å². The molecule has 5 unspecified atom stereocenters. The van der Waals surface area contributed by atoms with Gasteiger partial charge in [-0.2, -0.15) is 0 Å². The number of rotatable bonds is 2. The van der Waals surface area contributed by atoms with E-state index in [1.165, 1.54) is 24.1 Å². The van der Waals surface area contributed by atoms with Crippen LogP contribution in [-0.4, -0.2) is 11.7 Å². The predicted molar refractivity (Wildman–Crippen MR) is 72.6 cm³/mol. The Bertz CT molecular complexity index is 403. The molecule has 0 aromatic carbocycles. The first-order valence-corrected chi connectivity index (χ1v) is 7.76. The van der Waals surface area contributed by atoms with Gasteiger partial charge in [-0.1, -0.05) is 18.5 Å². The highest BCUT2D eigenvalue weighted by molar-refractivity contribution is 7.16. The third kappa shape index (κ3) is 1.94. The van der Waals surface area contributed by atoms with E-state index in [0.717, 1.165) is 22.1 Å². The van der Waals surface area contributed by atoms with Gasteiger partial charge in [0.15, 0.2) is 0 Å². The number of aliphatic hydroxyl groups excluding tert-OH is 1. The second-order valence-electron chi connectivity index (χ2n) is 5.69. The standard InChI is InChI=1S/C14H19ClOS/c1-8-9-2-3-10(8)12(7-16)11(6-9)13-4-5-14(15)17-13/h4-5,8-12,16H,2-3,6-7H2,1H3. The molecule has 1 aromatic heterocycles. The molecule has 3 rings (SSSR count). The summed E-state index contributed by atoms with van der Waals surface area (Å²) in [6.45, 7) is 2.71. The molecule has 2 fully saturated rings. The number of hydrogen-bond donors (Lipinski definition) is 1. The van der Waals surface area contributed by atoms with Crippen LogP contribution in [-0.2, 0) is 0 Å². The predicted octanol–water partition coefficient (Wildman–Crippen LogP) is 4.16. The summed E-state index contributed by atoms with van der Waals surface area (Å²) in [4.78, 5) is 1.39. The third-order valence-electron chi connectivity index (χ3n) is 5.08. The van der Waals surface area contributed by atoms with Crippen LogP contribution in [0.2, 0.25) is 4.34 Å². The molecule has 3 heteroatoms. The van der Waals surface area contributed by atoms with Crippen LogP contribution >= 0.6 is 22.9 Å². The van der Waals surface area contributed by atoms with E-state index in [0.29, 0.717) is 18.4 Å². The second kappa shape index (κ2) is 4.56. The Hall–Kier alpha value is -0.0500. The highest BCUT2D eigenvalue weighted by atomic mass is 35.5. The Morgan fingerprint density at radius 2 is 2.24 bits per heavy atom. The van der Waals surface area contributed by atoms with Crippen LogP contribution in [0.1, 0.15) is 37.0 Å². The molecule has 5 atom stereocenters.